The van der Waals surface area contributed by atoms with Gasteiger partial charge in [-0.15, -0.1) is 0 Å². The SMILES string of the molecule is CC(Br)CC(C)c1ccnn1C. The standard InChI is InChI=1S/C9H15BrN2/c1-7(6-8(2)10)9-4-5-11-12(9)3/h4-5,7-8H,6H2,1-3H3. The molecule has 1 rings (SSSR count). The number of nitrogens with zero attached hydrogens (tertiary/aromatic N) is 2. The van der Waals surface area contributed by atoms with Gasteiger partial charge >= 0.3 is 0 Å². The molecule has 2 unspecified atom stereocenters. The maximum Gasteiger partial charge on any atom is 0.0492 e. The topological polar surface area (TPSA) is 17.8 Å². The number of halogens is 1. The molecule has 1 heterocycles. The van der Waals surface area contributed by atoms with Crippen LogP contribution in [0.3, 0.4) is 0 Å². The zero-order valence-electron chi connectivity index (χ0n) is 7.79. The molecule has 0 saturated carbocycles. The van der Waals surface area contributed by atoms with Crippen LogP contribution in [-0.4, -0.2) is 14.6 Å². The number of aryl methyl sites for hydroxylation is 1. The minimum atomic E-state index is 0.572. The van der Waals surface area contributed by atoms with Gasteiger partial charge in [0.15, 0.2) is 0 Å². The molecule has 0 fully saturated rings. The molecule has 2 atom stereocenters. The van der Waals surface area contributed by atoms with Crippen LogP contribution in [0.4, 0.5) is 0 Å². The highest BCUT2D eigenvalue weighted by Gasteiger charge is 2.11. The lowest BCUT2D eigenvalue weighted by molar-refractivity contribution is 0.603. The number of rotatable bonds is 3. The molecule has 3 heteroatoms. The molecule has 0 spiro atoms. The highest BCUT2D eigenvalue weighted by atomic mass is 79.9. The molecule has 0 aromatic carbocycles. The summed E-state index contributed by atoms with van der Waals surface area (Å²) in [5.41, 5.74) is 1.31. The molecule has 68 valence electrons. The van der Waals surface area contributed by atoms with Gasteiger partial charge < -0.3 is 0 Å². The molecule has 0 amide bonds. The van der Waals surface area contributed by atoms with Crippen molar-refractivity contribution in [3.05, 3.63) is 18.0 Å². The lowest BCUT2D eigenvalue weighted by atomic mass is 10.0. The van der Waals surface area contributed by atoms with Crippen molar-refractivity contribution in [1.82, 2.24) is 9.78 Å². The molecular formula is C9H15BrN2. The quantitative estimate of drug-likeness (QED) is 0.731. The van der Waals surface area contributed by atoms with Crippen LogP contribution in [0.5, 0.6) is 0 Å². The van der Waals surface area contributed by atoms with Crippen molar-refractivity contribution in [2.75, 3.05) is 0 Å². The molecule has 0 bridgehead atoms. The Balaban J connectivity index is 2.65. The molecule has 2 nitrogen and oxygen atoms in total. The molecule has 0 aliphatic carbocycles. The zero-order chi connectivity index (χ0) is 9.14. The summed E-state index contributed by atoms with van der Waals surface area (Å²) in [6.45, 7) is 4.40. The summed E-state index contributed by atoms with van der Waals surface area (Å²) in [4.78, 5) is 0.572. The van der Waals surface area contributed by atoms with E-state index in [1.54, 1.807) is 0 Å². The smallest absolute Gasteiger partial charge is 0.0492 e. The van der Waals surface area contributed by atoms with Gasteiger partial charge in [-0.05, 0) is 18.4 Å². The fourth-order valence-corrected chi connectivity index (χ4v) is 2.04. The van der Waals surface area contributed by atoms with E-state index in [4.69, 9.17) is 0 Å². The molecule has 0 aliphatic heterocycles. The number of hydrogen-bond acceptors (Lipinski definition) is 1. The summed E-state index contributed by atoms with van der Waals surface area (Å²) in [6, 6.07) is 2.08. The van der Waals surface area contributed by atoms with Crippen LogP contribution in [0.1, 0.15) is 31.9 Å². The zero-order valence-corrected chi connectivity index (χ0v) is 9.37. The average Bonchev–Trinajstić information content (AvgIpc) is 2.33. The minimum absolute atomic E-state index is 0.572. The number of hydrogen-bond donors (Lipinski definition) is 0. The van der Waals surface area contributed by atoms with Gasteiger partial charge in [-0.1, -0.05) is 29.8 Å². The van der Waals surface area contributed by atoms with Crippen molar-refractivity contribution < 1.29 is 0 Å². The number of alkyl halides is 1. The third-order valence-electron chi connectivity index (χ3n) is 2.04. The highest BCUT2D eigenvalue weighted by molar-refractivity contribution is 9.09. The molecule has 0 radical (unpaired) electrons. The second-order valence-corrected chi connectivity index (χ2v) is 4.86. The Morgan fingerprint density at radius 2 is 2.25 bits per heavy atom. The van der Waals surface area contributed by atoms with E-state index in [1.165, 1.54) is 5.69 Å². The van der Waals surface area contributed by atoms with E-state index < -0.39 is 0 Å². The van der Waals surface area contributed by atoms with Crippen LogP contribution in [0.25, 0.3) is 0 Å². The predicted octanol–water partition coefficient (Wildman–Crippen LogP) is 2.70. The van der Waals surface area contributed by atoms with E-state index in [0.29, 0.717) is 10.7 Å². The van der Waals surface area contributed by atoms with Gasteiger partial charge in [-0.25, -0.2) is 0 Å². The van der Waals surface area contributed by atoms with Crippen LogP contribution in [-0.2, 0) is 7.05 Å². The van der Waals surface area contributed by atoms with E-state index in [-0.39, 0.29) is 0 Å². The first-order valence-corrected chi connectivity index (χ1v) is 5.14. The Bertz CT molecular complexity index is 242. The molecule has 0 aliphatic rings. The monoisotopic (exact) mass is 230 g/mol. The van der Waals surface area contributed by atoms with Crippen molar-refractivity contribution in [3.63, 3.8) is 0 Å². The predicted molar refractivity (Wildman–Crippen MR) is 54.6 cm³/mol. The first-order chi connectivity index (χ1) is 5.61. The lowest BCUT2D eigenvalue weighted by Crippen LogP contribution is -2.06. The van der Waals surface area contributed by atoms with E-state index in [2.05, 4.69) is 40.9 Å². The normalized spacial score (nSPS) is 16.0. The molecular weight excluding hydrogens is 216 g/mol. The average molecular weight is 231 g/mol. The first kappa shape index (κ1) is 9.78. The van der Waals surface area contributed by atoms with Crippen LogP contribution in [0.2, 0.25) is 0 Å². The maximum atomic E-state index is 4.15. The Morgan fingerprint density at radius 1 is 1.58 bits per heavy atom. The van der Waals surface area contributed by atoms with Crippen LogP contribution < -0.4 is 0 Å². The Hall–Kier alpha value is -0.310. The van der Waals surface area contributed by atoms with Crippen LogP contribution >= 0.6 is 15.9 Å². The van der Waals surface area contributed by atoms with Crippen molar-refractivity contribution >= 4 is 15.9 Å². The summed E-state index contributed by atoms with van der Waals surface area (Å²) in [7, 11) is 1.99. The van der Waals surface area contributed by atoms with Gasteiger partial charge in [0, 0.05) is 23.8 Å². The second kappa shape index (κ2) is 4.08. The van der Waals surface area contributed by atoms with Crippen LogP contribution in [0, 0.1) is 0 Å². The van der Waals surface area contributed by atoms with Crippen molar-refractivity contribution in [1.29, 1.82) is 0 Å². The molecule has 0 saturated heterocycles. The number of aromatic nitrogens is 2. The largest absolute Gasteiger partial charge is 0.272 e. The van der Waals surface area contributed by atoms with E-state index in [0.717, 1.165) is 6.42 Å². The van der Waals surface area contributed by atoms with Crippen LogP contribution in [0.15, 0.2) is 12.3 Å². The summed E-state index contributed by atoms with van der Waals surface area (Å²) in [6.07, 6.45) is 3.00. The summed E-state index contributed by atoms with van der Waals surface area (Å²) < 4.78 is 1.94. The molecule has 1 aromatic heterocycles. The minimum Gasteiger partial charge on any atom is -0.272 e. The maximum absolute atomic E-state index is 4.15. The Morgan fingerprint density at radius 3 is 2.67 bits per heavy atom. The third-order valence-corrected chi connectivity index (χ3v) is 2.42. The van der Waals surface area contributed by atoms with Crippen molar-refractivity contribution in [2.24, 2.45) is 7.05 Å². The summed E-state index contributed by atoms with van der Waals surface area (Å²) >= 11 is 3.56. The second-order valence-electron chi connectivity index (χ2n) is 3.30. The summed E-state index contributed by atoms with van der Waals surface area (Å²) in [5.74, 6) is 0.576. The van der Waals surface area contributed by atoms with E-state index in [1.807, 2.05) is 17.9 Å². The van der Waals surface area contributed by atoms with Gasteiger partial charge in [0.2, 0.25) is 0 Å². The Kier molecular flexibility index (Phi) is 3.32. The Labute approximate surface area is 82.1 Å². The summed E-state index contributed by atoms with van der Waals surface area (Å²) in [5, 5.41) is 4.15. The molecule has 1 aromatic rings. The van der Waals surface area contributed by atoms with Crippen molar-refractivity contribution in [3.8, 4) is 0 Å². The van der Waals surface area contributed by atoms with Crippen molar-refractivity contribution in [2.45, 2.75) is 31.0 Å². The molecule has 12 heavy (non-hydrogen) atoms. The fraction of sp³-hybridized carbons (Fsp3) is 0.667. The van der Waals surface area contributed by atoms with Gasteiger partial charge in [-0.3, -0.25) is 4.68 Å². The first-order valence-electron chi connectivity index (χ1n) is 4.23. The highest BCUT2D eigenvalue weighted by Crippen LogP contribution is 2.22. The van der Waals surface area contributed by atoms with E-state index in [9.17, 15) is 0 Å². The fourth-order valence-electron chi connectivity index (χ4n) is 1.48. The van der Waals surface area contributed by atoms with E-state index >= 15 is 0 Å². The lowest BCUT2D eigenvalue weighted by Gasteiger charge is -2.12. The third kappa shape index (κ3) is 2.34. The van der Waals surface area contributed by atoms with Gasteiger partial charge in [-0.2, -0.15) is 5.10 Å². The van der Waals surface area contributed by atoms with Gasteiger partial charge in [0.1, 0.15) is 0 Å². The van der Waals surface area contributed by atoms with Gasteiger partial charge in [0.25, 0.3) is 0 Å². The molecule has 0 N–H and O–H groups in total. The van der Waals surface area contributed by atoms with Gasteiger partial charge in [0.05, 0.1) is 0 Å².